The summed E-state index contributed by atoms with van der Waals surface area (Å²) in [5.41, 5.74) is 6.42. The summed E-state index contributed by atoms with van der Waals surface area (Å²) < 4.78 is 101. The topological polar surface area (TPSA) is 398 Å². The van der Waals surface area contributed by atoms with Crippen molar-refractivity contribution < 1.29 is 73.3 Å². The first-order valence-corrected chi connectivity index (χ1v) is 24.9. The highest BCUT2D eigenvalue weighted by atomic mass is 32.2. The van der Waals surface area contributed by atoms with Crippen LogP contribution in [-0.4, -0.2) is 147 Å². The fourth-order valence-electron chi connectivity index (χ4n) is 6.37. The number of carbonyl (C=O) groups is 5. The summed E-state index contributed by atoms with van der Waals surface area (Å²) in [5, 5.41) is 31.5. The second-order valence-electron chi connectivity index (χ2n) is 14.7. The van der Waals surface area contributed by atoms with Crippen molar-refractivity contribution in [3.05, 3.63) is 69.0 Å². The number of hydrogen-bond donors (Lipinski definition) is 12. The number of fused-ring (bicyclic) bond motifs is 1. The minimum Gasteiger partial charge on any atom is -0.494 e. The molecule has 1 unspecified atom stereocenters. The Morgan fingerprint density at radius 3 is 2.03 bits per heavy atom. The van der Waals surface area contributed by atoms with Gasteiger partial charge in [0.05, 0.1) is 22.8 Å². The maximum absolute atomic E-state index is 13.5. The van der Waals surface area contributed by atoms with Crippen molar-refractivity contribution >= 4 is 83.4 Å². The number of benzene rings is 2. The second-order valence-corrected chi connectivity index (χ2v) is 19.7. The molecule has 1 heterocycles. The van der Waals surface area contributed by atoms with Crippen LogP contribution in [0, 0.1) is 13.8 Å². The molecule has 0 radical (unpaired) electrons. The molecule has 12 N–H and O–H groups in total. The maximum Gasteiger partial charge on any atom is 0.323 e. The van der Waals surface area contributed by atoms with E-state index in [-0.39, 0.29) is 71.8 Å². The molecule has 0 bridgehead atoms. The fourth-order valence-corrected chi connectivity index (χ4v) is 9.41. The zero-order valence-corrected chi connectivity index (χ0v) is 39.0. The van der Waals surface area contributed by atoms with Crippen LogP contribution in [0.2, 0.25) is 0 Å². The van der Waals surface area contributed by atoms with E-state index in [1.54, 1.807) is 23.7 Å². The molecule has 25 nitrogen and oxygen atoms in total. The van der Waals surface area contributed by atoms with Crippen molar-refractivity contribution in [1.82, 2.24) is 35.9 Å². The Labute approximate surface area is 384 Å². The van der Waals surface area contributed by atoms with Crippen molar-refractivity contribution in [1.29, 1.82) is 0 Å². The minimum absolute atomic E-state index is 0.0264. The van der Waals surface area contributed by atoms with Gasteiger partial charge in [0.25, 0.3) is 26.1 Å². The van der Waals surface area contributed by atoms with Crippen molar-refractivity contribution in [2.75, 3.05) is 43.5 Å². The SMILES string of the molecule is Cc1cc(OCCCC(O)NCCNC(=O)[C@H](CS(=O)(=O)O)NC(=O)[C@H](CS(=O)(=O)O)NC(=O)CS)cc(C)c1S(=O)(=O)N[C@@H](CNC(=O)c1cn(C)c2cc(CN)ccc2c1=O)C(=O)O. The summed E-state index contributed by atoms with van der Waals surface area (Å²) in [6.07, 6.45) is 0.453. The van der Waals surface area contributed by atoms with Crippen LogP contribution in [0.3, 0.4) is 0 Å². The molecule has 29 heteroatoms. The van der Waals surface area contributed by atoms with Gasteiger partial charge in [-0.3, -0.25) is 43.2 Å². The Bertz CT molecular complexity index is 2680. The van der Waals surface area contributed by atoms with Crippen molar-refractivity contribution in [3.63, 3.8) is 0 Å². The number of sulfonamides is 1. The van der Waals surface area contributed by atoms with E-state index in [1.807, 2.05) is 10.6 Å². The zero-order chi connectivity index (χ0) is 49.7. The number of carboxylic acid groups (broad SMARTS) is 1. The highest BCUT2D eigenvalue weighted by Crippen LogP contribution is 2.26. The molecule has 0 saturated heterocycles. The third kappa shape index (κ3) is 16.9. The lowest BCUT2D eigenvalue weighted by atomic mass is 10.1. The van der Waals surface area contributed by atoms with Crippen LogP contribution in [0.1, 0.15) is 39.9 Å². The lowest BCUT2D eigenvalue weighted by Crippen LogP contribution is -2.57. The number of pyridine rings is 1. The van der Waals surface area contributed by atoms with Crippen LogP contribution in [-0.2, 0) is 63.0 Å². The first kappa shape index (κ1) is 55.1. The Balaban J connectivity index is 1.52. The number of carbonyl (C=O) groups excluding carboxylic acids is 4. The van der Waals surface area contributed by atoms with Gasteiger partial charge in [0.15, 0.2) is 0 Å². The van der Waals surface area contributed by atoms with Crippen molar-refractivity contribution in [2.45, 2.75) is 62.5 Å². The molecule has 4 amide bonds. The summed E-state index contributed by atoms with van der Waals surface area (Å²) in [5.74, 6) is -8.94. The number of nitrogens with one attached hydrogen (secondary N) is 6. The molecule has 3 rings (SSSR count). The largest absolute Gasteiger partial charge is 0.494 e. The average Bonchev–Trinajstić information content (AvgIpc) is 3.21. The number of thiol groups is 1. The number of nitrogens with zero attached hydrogens (tertiary/aromatic N) is 1. The molecule has 0 fully saturated rings. The molecule has 0 aliphatic carbocycles. The van der Waals surface area contributed by atoms with E-state index in [9.17, 15) is 68.8 Å². The molecule has 4 atom stereocenters. The first-order valence-electron chi connectivity index (χ1n) is 19.6. The van der Waals surface area contributed by atoms with Crippen molar-refractivity contribution in [2.24, 2.45) is 12.8 Å². The van der Waals surface area contributed by atoms with Gasteiger partial charge in [-0.1, -0.05) is 6.07 Å². The number of carboxylic acids is 1. The number of aliphatic hydroxyl groups is 1. The molecule has 0 spiro atoms. The molecule has 366 valence electrons. The normalized spacial score (nSPS) is 13.8. The zero-order valence-electron chi connectivity index (χ0n) is 35.6. The first-order chi connectivity index (χ1) is 30.7. The van der Waals surface area contributed by atoms with E-state index in [1.165, 1.54) is 38.2 Å². The van der Waals surface area contributed by atoms with Gasteiger partial charge in [-0.05, 0) is 67.6 Å². The highest BCUT2D eigenvalue weighted by Gasteiger charge is 2.33. The van der Waals surface area contributed by atoms with Gasteiger partial charge in [-0.2, -0.15) is 34.2 Å². The number of nitrogens with two attached hydrogens (primary N) is 1. The molecule has 0 aliphatic rings. The fraction of sp³-hybridized carbons (Fsp3) is 0.459. The summed E-state index contributed by atoms with van der Waals surface area (Å²) in [6.45, 7) is 2.08. The van der Waals surface area contributed by atoms with Crippen LogP contribution < -0.4 is 47.2 Å². The maximum atomic E-state index is 13.5. The third-order valence-electron chi connectivity index (χ3n) is 9.38. The number of rotatable bonds is 26. The average molecular weight is 1010 g/mol. The smallest absolute Gasteiger partial charge is 0.323 e. The van der Waals surface area contributed by atoms with Crippen LogP contribution in [0.4, 0.5) is 0 Å². The number of aryl methyl sites for hydroxylation is 3. The Kier molecular flexibility index (Phi) is 20.0. The molecule has 0 aliphatic heterocycles. The van der Waals surface area contributed by atoms with Crippen LogP contribution in [0.15, 0.2) is 46.2 Å². The Morgan fingerprint density at radius 2 is 1.47 bits per heavy atom. The van der Waals surface area contributed by atoms with E-state index in [2.05, 4.69) is 33.3 Å². The Morgan fingerprint density at radius 1 is 0.864 bits per heavy atom. The van der Waals surface area contributed by atoms with Gasteiger partial charge in [0.2, 0.25) is 33.2 Å². The number of aliphatic carboxylic acids is 1. The lowest BCUT2D eigenvalue weighted by molar-refractivity contribution is -0.138. The molecule has 0 saturated carbocycles. The summed E-state index contributed by atoms with van der Waals surface area (Å²) in [6, 6.07) is 1.86. The van der Waals surface area contributed by atoms with E-state index >= 15 is 0 Å². The van der Waals surface area contributed by atoms with Crippen LogP contribution in [0.5, 0.6) is 5.75 Å². The van der Waals surface area contributed by atoms with Gasteiger partial charge >= 0.3 is 5.97 Å². The second kappa shape index (κ2) is 24.0. The number of ether oxygens (including phenoxy) is 1. The molecule has 66 heavy (non-hydrogen) atoms. The van der Waals surface area contributed by atoms with Gasteiger partial charge in [0.1, 0.15) is 47.2 Å². The predicted molar refractivity (Wildman–Crippen MR) is 239 cm³/mol. The van der Waals surface area contributed by atoms with Gasteiger partial charge in [-0.25, -0.2) is 8.42 Å². The van der Waals surface area contributed by atoms with Crippen LogP contribution >= 0.6 is 12.6 Å². The number of aromatic nitrogens is 1. The van der Waals surface area contributed by atoms with Gasteiger partial charge < -0.3 is 46.5 Å². The highest BCUT2D eigenvalue weighted by molar-refractivity contribution is 7.89. The number of aliphatic hydroxyl groups excluding tert-OH is 1. The summed E-state index contributed by atoms with van der Waals surface area (Å²) >= 11 is 3.68. The molecular formula is C37H52N8O17S4. The summed E-state index contributed by atoms with van der Waals surface area (Å²) in [7, 11) is -12.7. The quantitative estimate of drug-likeness (QED) is 0.0162. The van der Waals surface area contributed by atoms with Crippen molar-refractivity contribution in [3.8, 4) is 5.75 Å². The number of hydrogen-bond acceptors (Lipinski definition) is 17. The predicted octanol–water partition coefficient (Wildman–Crippen LogP) is -3.37. The van der Waals surface area contributed by atoms with E-state index in [4.69, 9.17) is 15.0 Å². The lowest BCUT2D eigenvalue weighted by Gasteiger charge is -2.22. The summed E-state index contributed by atoms with van der Waals surface area (Å²) in [4.78, 5) is 75.1. The van der Waals surface area contributed by atoms with E-state index in [0.29, 0.717) is 5.52 Å². The molecule has 2 aromatic carbocycles. The Hall–Kier alpha value is -5.24. The third-order valence-corrected chi connectivity index (χ3v) is 12.9. The number of amides is 4. The molecular weight excluding hydrogens is 957 g/mol. The standard InChI is InChI=1S/C37H52N8O17S4/c1-20-11-23(62-10-4-5-30(46)39-8-9-40-35(50)27(18-64(54,55)56)43-36(51)28(19-65(57,58)59)42-31(47)17-63)12-21(2)33(20)66(60,61)44-26(37(52)53)15-41-34(49)25-16-45(3)29-13-22(14-38)6-7-24(29)32(25)48/h6-7,11-13,16,26-28,30,39,44,46,63H,4-5,8-10,14-15,17-19,38H2,1-3H3,(H,40,50)(H,41,49)(H,42,47)(H,43,51)(H,52,53)(H,54,55,56)(H,57,58,59)/t26-,27-,28-,30?/m0/s1. The van der Waals surface area contributed by atoms with E-state index < -0.39 is 113 Å². The molecule has 1 aromatic heterocycles. The molecule has 3 aromatic rings. The minimum atomic E-state index is -4.90. The van der Waals surface area contributed by atoms with Gasteiger partial charge in [-0.15, -0.1) is 0 Å². The van der Waals surface area contributed by atoms with E-state index in [0.717, 1.165) is 5.56 Å². The van der Waals surface area contributed by atoms with Gasteiger partial charge in [0, 0.05) is 44.8 Å². The monoisotopic (exact) mass is 1010 g/mol. The van der Waals surface area contributed by atoms with Crippen LogP contribution in [0.25, 0.3) is 10.9 Å².